The first-order chi connectivity index (χ1) is 13.8. The van der Waals surface area contributed by atoms with Crippen LogP contribution in [0.2, 0.25) is 0 Å². The quantitative estimate of drug-likeness (QED) is 0.504. The van der Waals surface area contributed by atoms with E-state index in [0.29, 0.717) is 22.6 Å². The van der Waals surface area contributed by atoms with E-state index in [0.717, 1.165) is 0 Å². The second-order valence-corrected chi connectivity index (χ2v) is 6.01. The summed E-state index contributed by atoms with van der Waals surface area (Å²) < 4.78 is 5.18. The minimum atomic E-state index is -1.15. The van der Waals surface area contributed by atoms with E-state index >= 15 is 0 Å². The molecule has 0 saturated heterocycles. The summed E-state index contributed by atoms with van der Waals surface area (Å²) >= 11 is 0. The Morgan fingerprint density at radius 1 is 1.10 bits per heavy atom. The van der Waals surface area contributed by atoms with Crippen LogP contribution in [-0.2, 0) is 14.4 Å². The first-order valence-electron chi connectivity index (χ1n) is 8.53. The van der Waals surface area contributed by atoms with E-state index in [4.69, 9.17) is 15.1 Å². The van der Waals surface area contributed by atoms with Crippen molar-refractivity contribution in [2.24, 2.45) is 0 Å². The van der Waals surface area contributed by atoms with Gasteiger partial charge in [-0.15, -0.1) is 0 Å². The summed E-state index contributed by atoms with van der Waals surface area (Å²) in [5.41, 5.74) is 1.52. The van der Waals surface area contributed by atoms with Crippen molar-refractivity contribution in [1.82, 2.24) is 0 Å². The number of hydrogen-bond donors (Lipinski definition) is 4. The molecule has 29 heavy (non-hydrogen) atoms. The van der Waals surface area contributed by atoms with E-state index in [1.54, 1.807) is 30.3 Å². The minimum Gasteiger partial charge on any atom is -0.495 e. The van der Waals surface area contributed by atoms with Gasteiger partial charge in [0.25, 0.3) is 0 Å². The summed E-state index contributed by atoms with van der Waals surface area (Å²) in [5, 5.41) is 32.6. The molecule has 0 aliphatic rings. The number of ether oxygens (including phenoxy) is 1. The van der Waals surface area contributed by atoms with Gasteiger partial charge in [-0.3, -0.25) is 9.59 Å². The van der Waals surface area contributed by atoms with Crippen LogP contribution in [0, 0.1) is 11.3 Å². The average Bonchev–Trinajstić information content (AvgIpc) is 2.70. The molecule has 1 amide bonds. The third kappa shape index (κ3) is 5.97. The topological polar surface area (TPSA) is 149 Å². The monoisotopic (exact) mass is 397 g/mol. The number of anilines is 2. The van der Waals surface area contributed by atoms with E-state index in [1.165, 1.54) is 19.2 Å². The maximum atomic E-state index is 12.0. The zero-order valence-electron chi connectivity index (χ0n) is 15.5. The molecule has 2 aromatic rings. The van der Waals surface area contributed by atoms with Crippen molar-refractivity contribution in [3.63, 3.8) is 0 Å². The Balaban J connectivity index is 2.27. The number of rotatable bonds is 9. The molecule has 2 rings (SSSR count). The molecule has 9 heteroatoms. The van der Waals surface area contributed by atoms with E-state index < -0.39 is 23.9 Å². The standard InChI is InChI=1S/C20H19N3O6/c1-29-16-7-4-13(10-15(16)23-17(24)8-9-18(25)26)19(20(27)28)22-14-5-2-12(11-21)3-6-14/h2-7,10,19,22H,8-9H2,1H3,(H,23,24)(H,25,26)(H,27,28). The Labute approximate surface area is 166 Å². The molecule has 9 nitrogen and oxygen atoms in total. The van der Waals surface area contributed by atoms with E-state index in [9.17, 15) is 19.5 Å². The number of nitriles is 1. The molecule has 0 spiro atoms. The summed E-state index contributed by atoms with van der Waals surface area (Å²) in [5.74, 6) is -2.48. The molecule has 1 unspecified atom stereocenters. The molecule has 0 radical (unpaired) electrons. The molecule has 0 aliphatic carbocycles. The Morgan fingerprint density at radius 3 is 2.34 bits per heavy atom. The van der Waals surface area contributed by atoms with Crippen LogP contribution in [0.4, 0.5) is 11.4 Å². The molecule has 0 fully saturated rings. The van der Waals surface area contributed by atoms with Crippen LogP contribution >= 0.6 is 0 Å². The smallest absolute Gasteiger partial charge is 0.330 e. The van der Waals surface area contributed by atoms with E-state index in [2.05, 4.69) is 10.6 Å². The summed E-state index contributed by atoms with van der Waals surface area (Å²) in [6.07, 6.45) is -0.555. The Hall–Kier alpha value is -4.06. The number of carbonyl (C=O) groups is 3. The lowest BCUT2D eigenvalue weighted by atomic mass is 10.0. The molecule has 1 atom stereocenters. The highest BCUT2D eigenvalue weighted by molar-refractivity contribution is 5.94. The second kappa shape index (κ2) is 9.75. The zero-order chi connectivity index (χ0) is 21.4. The Morgan fingerprint density at radius 2 is 1.79 bits per heavy atom. The fraction of sp³-hybridized carbons (Fsp3) is 0.200. The maximum Gasteiger partial charge on any atom is 0.330 e. The number of nitrogens with one attached hydrogen (secondary N) is 2. The van der Waals surface area contributed by atoms with Crippen LogP contribution in [0.1, 0.15) is 30.0 Å². The third-order valence-corrected chi connectivity index (χ3v) is 3.97. The van der Waals surface area contributed by atoms with Gasteiger partial charge < -0.3 is 25.6 Å². The lowest BCUT2D eigenvalue weighted by molar-refractivity contribution is -0.139. The van der Waals surface area contributed by atoms with Gasteiger partial charge in [-0.1, -0.05) is 6.07 Å². The number of amides is 1. The van der Waals surface area contributed by atoms with Gasteiger partial charge in [-0.25, -0.2) is 4.79 Å². The minimum absolute atomic E-state index is 0.228. The lowest BCUT2D eigenvalue weighted by Gasteiger charge is -2.18. The van der Waals surface area contributed by atoms with Crippen molar-refractivity contribution < 1.29 is 29.3 Å². The molecule has 0 saturated carbocycles. The first-order valence-corrected chi connectivity index (χ1v) is 8.53. The zero-order valence-corrected chi connectivity index (χ0v) is 15.5. The molecule has 0 heterocycles. The highest BCUT2D eigenvalue weighted by Gasteiger charge is 2.22. The first kappa shape index (κ1) is 21.2. The summed E-state index contributed by atoms with van der Waals surface area (Å²) in [6, 6.07) is 11.7. The third-order valence-electron chi connectivity index (χ3n) is 3.97. The molecule has 0 bridgehead atoms. The SMILES string of the molecule is COc1ccc(C(Nc2ccc(C#N)cc2)C(=O)O)cc1NC(=O)CCC(=O)O. The number of benzene rings is 2. The number of methoxy groups -OCH3 is 1. The van der Waals surface area contributed by atoms with Gasteiger partial charge in [0.05, 0.1) is 30.9 Å². The van der Waals surface area contributed by atoms with Gasteiger partial charge in [-0.05, 0) is 42.0 Å². The summed E-state index contributed by atoms with van der Waals surface area (Å²) in [7, 11) is 1.39. The number of carboxylic acid groups (broad SMARTS) is 2. The van der Waals surface area contributed by atoms with Crippen molar-refractivity contribution in [2.45, 2.75) is 18.9 Å². The normalized spacial score (nSPS) is 11.0. The second-order valence-electron chi connectivity index (χ2n) is 6.01. The molecule has 0 aromatic heterocycles. The fourth-order valence-corrected chi connectivity index (χ4v) is 2.53. The van der Waals surface area contributed by atoms with Crippen molar-refractivity contribution >= 4 is 29.2 Å². The van der Waals surface area contributed by atoms with Crippen molar-refractivity contribution in [3.8, 4) is 11.8 Å². The van der Waals surface area contributed by atoms with Crippen molar-refractivity contribution in [2.75, 3.05) is 17.7 Å². The van der Waals surface area contributed by atoms with Crippen LogP contribution in [0.5, 0.6) is 5.75 Å². The number of hydrogen-bond acceptors (Lipinski definition) is 6. The van der Waals surface area contributed by atoms with Gasteiger partial charge in [0.15, 0.2) is 6.04 Å². The fourth-order valence-electron chi connectivity index (χ4n) is 2.53. The van der Waals surface area contributed by atoms with Crippen LogP contribution in [-0.4, -0.2) is 35.2 Å². The van der Waals surface area contributed by atoms with E-state index in [1.807, 2.05) is 6.07 Å². The summed E-state index contributed by atoms with van der Waals surface area (Å²) in [4.78, 5) is 34.4. The largest absolute Gasteiger partial charge is 0.495 e. The van der Waals surface area contributed by atoms with Gasteiger partial charge >= 0.3 is 11.9 Å². The molecule has 0 aliphatic heterocycles. The number of carboxylic acids is 2. The Kier molecular flexibility index (Phi) is 7.14. The average molecular weight is 397 g/mol. The number of nitrogens with zero attached hydrogens (tertiary/aromatic N) is 1. The van der Waals surface area contributed by atoms with Gasteiger partial charge in [-0.2, -0.15) is 5.26 Å². The van der Waals surface area contributed by atoms with Crippen LogP contribution in [0.25, 0.3) is 0 Å². The maximum absolute atomic E-state index is 12.0. The van der Waals surface area contributed by atoms with Crippen LogP contribution in [0.15, 0.2) is 42.5 Å². The van der Waals surface area contributed by atoms with Gasteiger partial charge in [0.1, 0.15) is 5.75 Å². The molecular formula is C20H19N3O6. The lowest BCUT2D eigenvalue weighted by Crippen LogP contribution is -2.21. The number of carbonyl (C=O) groups excluding carboxylic acids is 1. The number of aliphatic carboxylic acids is 2. The van der Waals surface area contributed by atoms with Crippen molar-refractivity contribution in [3.05, 3.63) is 53.6 Å². The molecule has 2 aromatic carbocycles. The molecule has 150 valence electrons. The van der Waals surface area contributed by atoms with Crippen LogP contribution in [0.3, 0.4) is 0 Å². The predicted octanol–water partition coefficient (Wildman–Crippen LogP) is 2.61. The van der Waals surface area contributed by atoms with Crippen LogP contribution < -0.4 is 15.4 Å². The molecule has 4 N–H and O–H groups in total. The Bertz CT molecular complexity index is 950. The van der Waals surface area contributed by atoms with Crippen molar-refractivity contribution in [1.29, 1.82) is 5.26 Å². The summed E-state index contributed by atoms with van der Waals surface area (Å²) in [6.45, 7) is 0. The molecular weight excluding hydrogens is 378 g/mol. The predicted molar refractivity (Wildman–Crippen MR) is 104 cm³/mol. The van der Waals surface area contributed by atoms with E-state index in [-0.39, 0.29) is 18.5 Å². The van der Waals surface area contributed by atoms with Gasteiger partial charge in [0, 0.05) is 12.1 Å². The highest BCUT2D eigenvalue weighted by atomic mass is 16.5. The highest BCUT2D eigenvalue weighted by Crippen LogP contribution is 2.30. The van der Waals surface area contributed by atoms with Gasteiger partial charge in [0.2, 0.25) is 5.91 Å².